The molecular formula is C15H20N2O. The van der Waals surface area contributed by atoms with Gasteiger partial charge in [-0.2, -0.15) is 0 Å². The molecule has 0 aliphatic carbocycles. The number of hydrogen-bond donors (Lipinski definition) is 2. The fourth-order valence-corrected chi connectivity index (χ4v) is 1.94. The van der Waals surface area contributed by atoms with Crippen LogP contribution in [0.15, 0.2) is 41.0 Å². The van der Waals surface area contributed by atoms with Crippen molar-refractivity contribution in [2.45, 2.75) is 32.9 Å². The summed E-state index contributed by atoms with van der Waals surface area (Å²) in [5.41, 5.74) is 9.04. The lowest BCUT2D eigenvalue weighted by Gasteiger charge is -2.13. The van der Waals surface area contributed by atoms with Crippen molar-refractivity contribution in [3.63, 3.8) is 0 Å². The molecule has 1 unspecified atom stereocenters. The van der Waals surface area contributed by atoms with Crippen LogP contribution in [0.1, 0.15) is 23.8 Å². The Morgan fingerprint density at radius 1 is 1.33 bits per heavy atom. The van der Waals surface area contributed by atoms with Crippen LogP contribution in [0.5, 0.6) is 0 Å². The van der Waals surface area contributed by atoms with Crippen LogP contribution in [0.3, 0.4) is 0 Å². The lowest BCUT2D eigenvalue weighted by Crippen LogP contribution is -2.27. The standard InChI is InChI=1S/C15H20N2O/c1-11-8-13(5-6-15(11)16)10-17-12(2)9-14-4-3-7-18-14/h3-8,12,17H,9-10,16H2,1-2H3. The summed E-state index contributed by atoms with van der Waals surface area (Å²) >= 11 is 0. The number of hydrogen-bond acceptors (Lipinski definition) is 3. The van der Waals surface area contributed by atoms with Gasteiger partial charge in [-0.15, -0.1) is 0 Å². The third-order valence-corrected chi connectivity index (χ3v) is 3.08. The Morgan fingerprint density at radius 2 is 2.17 bits per heavy atom. The number of benzene rings is 1. The molecule has 0 bridgehead atoms. The zero-order valence-corrected chi connectivity index (χ0v) is 10.9. The molecule has 1 aromatic carbocycles. The number of nitrogens with one attached hydrogen (secondary N) is 1. The highest BCUT2D eigenvalue weighted by atomic mass is 16.3. The number of nitrogen functional groups attached to an aromatic ring is 1. The first kappa shape index (κ1) is 12.7. The Morgan fingerprint density at radius 3 is 2.83 bits per heavy atom. The van der Waals surface area contributed by atoms with E-state index in [-0.39, 0.29) is 0 Å². The Labute approximate surface area is 108 Å². The van der Waals surface area contributed by atoms with Gasteiger partial charge in [-0.05, 0) is 43.2 Å². The average molecular weight is 244 g/mol. The summed E-state index contributed by atoms with van der Waals surface area (Å²) in [5, 5.41) is 3.48. The van der Waals surface area contributed by atoms with Gasteiger partial charge >= 0.3 is 0 Å². The predicted octanol–water partition coefficient (Wildman–Crippen LogP) is 2.89. The zero-order valence-electron chi connectivity index (χ0n) is 10.9. The van der Waals surface area contributed by atoms with Crippen molar-refractivity contribution < 1.29 is 4.42 Å². The van der Waals surface area contributed by atoms with Gasteiger partial charge in [0.15, 0.2) is 0 Å². The molecule has 0 fully saturated rings. The van der Waals surface area contributed by atoms with Gasteiger partial charge in [0, 0.05) is 24.7 Å². The second kappa shape index (κ2) is 5.74. The first-order valence-corrected chi connectivity index (χ1v) is 6.26. The lowest BCUT2D eigenvalue weighted by molar-refractivity contribution is 0.456. The molecule has 2 aromatic rings. The largest absolute Gasteiger partial charge is 0.469 e. The first-order chi connectivity index (χ1) is 8.65. The molecule has 0 amide bonds. The Kier molecular flexibility index (Phi) is 4.05. The summed E-state index contributed by atoms with van der Waals surface area (Å²) in [4.78, 5) is 0. The predicted molar refractivity (Wildman–Crippen MR) is 74.3 cm³/mol. The fraction of sp³-hybridized carbons (Fsp3) is 0.333. The van der Waals surface area contributed by atoms with E-state index in [9.17, 15) is 0 Å². The normalized spacial score (nSPS) is 12.6. The molecule has 1 heterocycles. The van der Waals surface area contributed by atoms with Crippen LogP contribution in [-0.4, -0.2) is 6.04 Å². The minimum Gasteiger partial charge on any atom is -0.469 e. The number of aryl methyl sites for hydroxylation is 1. The van der Waals surface area contributed by atoms with Gasteiger partial charge in [-0.3, -0.25) is 0 Å². The molecule has 3 N–H and O–H groups in total. The SMILES string of the molecule is Cc1cc(CNC(C)Cc2ccco2)ccc1N. The fourth-order valence-electron chi connectivity index (χ4n) is 1.94. The number of anilines is 1. The van der Waals surface area contributed by atoms with Crippen molar-refractivity contribution in [3.05, 3.63) is 53.5 Å². The van der Waals surface area contributed by atoms with Crippen molar-refractivity contribution in [2.24, 2.45) is 0 Å². The summed E-state index contributed by atoms with van der Waals surface area (Å²) in [5.74, 6) is 1.02. The summed E-state index contributed by atoms with van der Waals surface area (Å²) in [6.07, 6.45) is 2.62. The van der Waals surface area contributed by atoms with E-state index in [1.165, 1.54) is 5.56 Å². The zero-order chi connectivity index (χ0) is 13.0. The molecule has 96 valence electrons. The van der Waals surface area contributed by atoms with Crippen molar-refractivity contribution in [3.8, 4) is 0 Å². The second-order valence-electron chi connectivity index (χ2n) is 4.76. The van der Waals surface area contributed by atoms with Crippen molar-refractivity contribution in [2.75, 3.05) is 5.73 Å². The van der Waals surface area contributed by atoms with Crippen LogP contribution in [0, 0.1) is 6.92 Å². The molecule has 3 heteroatoms. The molecule has 3 nitrogen and oxygen atoms in total. The minimum atomic E-state index is 0.383. The van der Waals surface area contributed by atoms with Crippen molar-refractivity contribution in [1.82, 2.24) is 5.32 Å². The maximum absolute atomic E-state index is 5.80. The van der Waals surface area contributed by atoms with E-state index in [1.807, 2.05) is 25.1 Å². The summed E-state index contributed by atoms with van der Waals surface area (Å²) in [6.45, 7) is 5.04. The Bertz CT molecular complexity index is 491. The monoisotopic (exact) mass is 244 g/mol. The molecule has 1 atom stereocenters. The molecule has 2 rings (SSSR count). The molecule has 0 saturated heterocycles. The number of furan rings is 1. The Balaban J connectivity index is 1.85. The Hall–Kier alpha value is -1.74. The summed E-state index contributed by atoms with van der Waals surface area (Å²) in [6, 6.07) is 10.5. The van der Waals surface area contributed by atoms with Gasteiger partial charge in [0.05, 0.1) is 6.26 Å². The van der Waals surface area contributed by atoms with Crippen LogP contribution in [0.25, 0.3) is 0 Å². The minimum absolute atomic E-state index is 0.383. The molecule has 0 radical (unpaired) electrons. The van der Waals surface area contributed by atoms with Crippen LogP contribution >= 0.6 is 0 Å². The van der Waals surface area contributed by atoms with E-state index in [0.29, 0.717) is 6.04 Å². The maximum Gasteiger partial charge on any atom is 0.105 e. The van der Waals surface area contributed by atoms with Crippen molar-refractivity contribution in [1.29, 1.82) is 0 Å². The molecule has 0 spiro atoms. The lowest BCUT2D eigenvalue weighted by atomic mass is 10.1. The third-order valence-electron chi connectivity index (χ3n) is 3.08. The topological polar surface area (TPSA) is 51.2 Å². The molecule has 0 aliphatic rings. The number of rotatable bonds is 5. The molecule has 1 aromatic heterocycles. The van der Waals surface area contributed by atoms with E-state index >= 15 is 0 Å². The van der Waals surface area contributed by atoms with E-state index in [4.69, 9.17) is 10.2 Å². The van der Waals surface area contributed by atoms with Crippen LogP contribution in [-0.2, 0) is 13.0 Å². The first-order valence-electron chi connectivity index (χ1n) is 6.26. The molecule has 18 heavy (non-hydrogen) atoms. The van der Waals surface area contributed by atoms with Crippen molar-refractivity contribution >= 4 is 5.69 Å². The third kappa shape index (κ3) is 3.37. The average Bonchev–Trinajstić information content (AvgIpc) is 2.83. The summed E-state index contributed by atoms with van der Waals surface area (Å²) in [7, 11) is 0. The van der Waals surface area contributed by atoms with E-state index in [2.05, 4.69) is 24.4 Å². The second-order valence-corrected chi connectivity index (χ2v) is 4.76. The van der Waals surface area contributed by atoms with Crippen LogP contribution < -0.4 is 11.1 Å². The highest BCUT2D eigenvalue weighted by Gasteiger charge is 2.05. The van der Waals surface area contributed by atoms with Gasteiger partial charge in [-0.1, -0.05) is 12.1 Å². The maximum atomic E-state index is 5.80. The van der Waals surface area contributed by atoms with E-state index < -0.39 is 0 Å². The van der Waals surface area contributed by atoms with Gasteiger partial charge in [0.1, 0.15) is 5.76 Å². The molecule has 0 aliphatic heterocycles. The highest BCUT2D eigenvalue weighted by Crippen LogP contribution is 2.13. The van der Waals surface area contributed by atoms with E-state index in [1.54, 1.807) is 6.26 Å². The van der Waals surface area contributed by atoms with Gasteiger partial charge in [0.25, 0.3) is 0 Å². The van der Waals surface area contributed by atoms with E-state index in [0.717, 1.165) is 30.0 Å². The quantitative estimate of drug-likeness (QED) is 0.795. The van der Waals surface area contributed by atoms with Crippen LogP contribution in [0.2, 0.25) is 0 Å². The van der Waals surface area contributed by atoms with Gasteiger partial charge < -0.3 is 15.5 Å². The molecule has 0 saturated carbocycles. The summed E-state index contributed by atoms with van der Waals surface area (Å²) < 4.78 is 5.33. The number of nitrogens with two attached hydrogens (primary N) is 1. The van der Waals surface area contributed by atoms with Gasteiger partial charge in [-0.25, -0.2) is 0 Å². The van der Waals surface area contributed by atoms with Crippen LogP contribution in [0.4, 0.5) is 5.69 Å². The smallest absolute Gasteiger partial charge is 0.105 e. The highest BCUT2D eigenvalue weighted by molar-refractivity contribution is 5.47. The van der Waals surface area contributed by atoms with Gasteiger partial charge in [0.2, 0.25) is 0 Å². The molecular weight excluding hydrogens is 224 g/mol.